The lowest BCUT2D eigenvalue weighted by Crippen LogP contribution is -1.99. The summed E-state index contributed by atoms with van der Waals surface area (Å²) in [5.41, 5.74) is 3.23. The van der Waals surface area contributed by atoms with Crippen LogP contribution in [0.3, 0.4) is 0 Å². The van der Waals surface area contributed by atoms with Gasteiger partial charge in [-0.25, -0.2) is 0 Å². The van der Waals surface area contributed by atoms with Gasteiger partial charge in [0.05, 0.1) is 11.1 Å². The van der Waals surface area contributed by atoms with E-state index in [9.17, 15) is 5.26 Å². The highest BCUT2D eigenvalue weighted by molar-refractivity contribution is 9.10. The molecule has 0 amide bonds. The van der Waals surface area contributed by atoms with Gasteiger partial charge in [-0.15, -0.1) is 0 Å². The number of benzene rings is 1. The third-order valence-electron chi connectivity index (χ3n) is 3.36. The molecule has 3 rings (SSSR count). The largest absolute Gasteiger partial charge is 0.341 e. The van der Waals surface area contributed by atoms with Gasteiger partial charge in [0.25, 0.3) is 0 Å². The number of halogens is 1. The van der Waals surface area contributed by atoms with E-state index >= 15 is 0 Å². The number of nitrogens with zero attached hydrogens (tertiary/aromatic N) is 2. The van der Waals surface area contributed by atoms with Crippen LogP contribution in [0.2, 0.25) is 0 Å². The molecule has 0 bridgehead atoms. The zero-order valence-corrected chi connectivity index (χ0v) is 10.6. The Labute approximate surface area is 103 Å². The van der Waals surface area contributed by atoms with Crippen molar-refractivity contribution in [3.8, 4) is 6.07 Å². The van der Waals surface area contributed by atoms with Crippen molar-refractivity contribution in [3.05, 3.63) is 33.9 Å². The normalized spacial score (nSPS) is 18.7. The Bertz CT molecular complexity index is 619. The smallest absolute Gasteiger partial charge is 0.101 e. The summed E-state index contributed by atoms with van der Waals surface area (Å²) < 4.78 is 3.30. The molecule has 0 N–H and O–H groups in total. The zero-order valence-electron chi connectivity index (χ0n) is 9.00. The Morgan fingerprint density at radius 3 is 3.00 bits per heavy atom. The number of nitriles is 1. The first-order valence-electron chi connectivity index (χ1n) is 5.44. The van der Waals surface area contributed by atoms with Gasteiger partial charge in [0, 0.05) is 21.6 Å². The van der Waals surface area contributed by atoms with Crippen molar-refractivity contribution in [3.63, 3.8) is 0 Å². The quantitative estimate of drug-likeness (QED) is 0.719. The maximum atomic E-state index is 9.21. The van der Waals surface area contributed by atoms with Gasteiger partial charge in [0.2, 0.25) is 0 Å². The maximum absolute atomic E-state index is 9.21. The second-order valence-corrected chi connectivity index (χ2v) is 5.31. The lowest BCUT2D eigenvalue weighted by atomic mass is 10.1. The highest BCUT2D eigenvalue weighted by Gasteiger charge is 2.22. The summed E-state index contributed by atoms with van der Waals surface area (Å²) in [7, 11) is 0. The van der Waals surface area contributed by atoms with E-state index in [1.165, 1.54) is 17.5 Å². The molecule has 1 aromatic heterocycles. The van der Waals surface area contributed by atoms with Crippen LogP contribution in [0.5, 0.6) is 0 Å². The van der Waals surface area contributed by atoms with Gasteiger partial charge in [0.1, 0.15) is 6.07 Å². The number of fused-ring (bicyclic) bond motifs is 3. The molecule has 1 aliphatic heterocycles. The summed E-state index contributed by atoms with van der Waals surface area (Å²) in [6.07, 6.45) is 2.31. The zero-order chi connectivity index (χ0) is 11.3. The molecular formula is C13H11BrN2. The molecule has 0 saturated heterocycles. The van der Waals surface area contributed by atoms with E-state index in [2.05, 4.69) is 45.6 Å². The molecule has 1 aliphatic rings. The minimum atomic E-state index is 0.515. The Morgan fingerprint density at radius 1 is 1.44 bits per heavy atom. The fourth-order valence-corrected chi connectivity index (χ4v) is 3.13. The monoisotopic (exact) mass is 274 g/mol. The molecule has 0 radical (unpaired) electrons. The summed E-state index contributed by atoms with van der Waals surface area (Å²) in [6, 6.07) is 9.02. The Hall–Kier alpha value is -1.27. The average molecular weight is 275 g/mol. The minimum Gasteiger partial charge on any atom is -0.341 e. The summed E-state index contributed by atoms with van der Waals surface area (Å²) >= 11 is 3.45. The Kier molecular flexibility index (Phi) is 2.08. The van der Waals surface area contributed by atoms with Crippen molar-refractivity contribution in [2.45, 2.75) is 25.8 Å². The van der Waals surface area contributed by atoms with Crippen LogP contribution in [0, 0.1) is 11.3 Å². The van der Waals surface area contributed by atoms with Crippen LogP contribution in [-0.4, -0.2) is 4.57 Å². The molecule has 2 heterocycles. The lowest BCUT2D eigenvalue weighted by Gasteiger charge is -2.10. The average Bonchev–Trinajstić information content (AvgIpc) is 2.77. The van der Waals surface area contributed by atoms with Crippen molar-refractivity contribution in [2.75, 3.05) is 0 Å². The molecule has 1 atom stereocenters. The molecule has 1 unspecified atom stereocenters. The van der Waals surface area contributed by atoms with E-state index in [0.717, 1.165) is 22.0 Å². The van der Waals surface area contributed by atoms with E-state index in [0.29, 0.717) is 6.04 Å². The van der Waals surface area contributed by atoms with Crippen molar-refractivity contribution in [1.82, 2.24) is 4.57 Å². The number of rotatable bonds is 0. The molecule has 2 nitrogen and oxygen atoms in total. The highest BCUT2D eigenvalue weighted by atomic mass is 79.9. The van der Waals surface area contributed by atoms with E-state index in [1.54, 1.807) is 0 Å². The van der Waals surface area contributed by atoms with Crippen LogP contribution in [0.25, 0.3) is 10.9 Å². The topological polar surface area (TPSA) is 28.7 Å². The van der Waals surface area contributed by atoms with Crippen LogP contribution >= 0.6 is 15.9 Å². The van der Waals surface area contributed by atoms with Gasteiger partial charge in [-0.3, -0.25) is 0 Å². The van der Waals surface area contributed by atoms with Crippen molar-refractivity contribution in [1.29, 1.82) is 5.26 Å². The van der Waals surface area contributed by atoms with E-state index < -0.39 is 0 Å². The number of aryl methyl sites for hydroxylation is 1. The van der Waals surface area contributed by atoms with Crippen LogP contribution in [-0.2, 0) is 6.42 Å². The molecule has 0 fully saturated rings. The van der Waals surface area contributed by atoms with Crippen LogP contribution < -0.4 is 0 Å². The van der Waals surface area contributed by atoms with Crippen LogP contribution in [0.15, 0.2) is 22.7 Å². The summed E-state index contributed by atoms with van der Waals surface area (Å²) in [4.78, 5) is 0. The second-order valence-electron chi connectivity index (χ2n) is 4.40. The highest BCUT2D eigenvalue weighted by Crippen LogP contribution is 2.35. The fourth-order valence-electron chi connectivity index (χ4n) is 2.66. The summed E-state index contributed by atoms with van der Waals surface area (Å²) in [5.74, 6) is 0. The molecule has 16 heavy (non-hydrogen) atoms. The molecule has 1 aromatic carbocycles. The van der Waals surface area contributed by atoms with Gasteiger partial charge < -0.3 is 4.57 Å². The SMILES string of the molecule is CC1CCc2cc3cc(Br)cc(C#N)c3n21. The van der Waals surface area contributed by atoms with Crippen molar-refractivity contribution < 1.29 is 0 Å². The molecule has 0 spiro atoms. The predicted molar refractivity (Wildman–Crippen MR) is 67.4 cm³/mol. The predicted octanol–water partition coefficient (Wildman–Crippen LogP) is 3.78. The van der Waals surface area contributed by atoms with E-state index in [1.807, 2.05) is 6.07 Å². The second kappa shape index (κ2) is 3.36. The van der Waals surface area contributed by atoms with Crippen LogP contribution in [0.4, 0.5) is 0 Å². The van der Waals surface area contributed by atoms with Gasteiger partial charge in [-0.1, -0.05) is 15.9 Å². The van der Waals surface area contributed by atoms with Crippen LogP contribution in [0.1, 0.15) is 30.6 Å². The van der Waals surface area contributed by atoms with Gasteiger partial charge in [-0.2, -0.15) is 5.26 Å². The van der Waals surface area contributed by atoms with E-state index in [4.69, 9.17) is 0 Å². The third kappa shape index (κ3) is 1.23. The standard InChI is InChI=1S/C13H11BrN2/c1-8-2-3-12-6-9-4-11(14)5-10(7-15)13(9)16(8)12/h4-6,8H,2-3H2,1H3. The number of aromatic nitrogens is 1. The van der Waals surface area contributed by atoms with Gasteiger partial charge in [-0.05, 0) is 38.0 Å². The molecule has 0 aliphatic carbocycles. The first-order chi connectivity index (χ1) is 7.70. The fraction of sp³-hybridized carbons (Fsp3) is 0.308. The minimum absolute atomic E-state index is 0.515. The molecule has 80 valence electrons. The van der Waals surface area contributed by atoms with Crippen molar-refractivity contribution in [2.24, 2.45) is 0 Å². The Morgan fingerprint density at radius 2 is 2.25 bits per heavy atom. The molecule has 0 saturated carbocycles. The van der Waals surface area contributed by atoms with E-state index in [-0.39, 0.29) is 0 Å². The first-order valence-corrected chi connectivity index (χ1v) is 6.23. The summed E-state index contributed by atoms with van der Waals surface area (Å²) in [6.45, 7) is 2.22. The molecule has 3 heteroatoms. The molecule has 2 aromatic rings. The van der Waals surface area contributed by atoms with Gasteiger partial charge >= 0.3 is 0 Å². The lowest BCUT2D eigenvalue weighted by molar-refractivity contribution is 0.596. The molecular weight excluding hydrogens is 264 g/mol. The Balaban J connectivity index is 2.45. The third-order valence-corrected chi connectivity index (χ3v) is 3.81. The number of hydrogen-bond donors (Lipinski definition) is 0. The first kappa shape index (κ1) is 9.92. The van der Waals surface area contributed by atoms with Gasteiger partial charge in [0.15, 0.2) is 0 Å². The maximum Gasteiger partial charge on any atom is 0.101 e. The number of hydrogen-bond acceptors (Lipinski definition) is 1. The van der Waals surface area contributed by atoms with Crippen molar-refractivity contribution >= 4 is 26.8 Å². The summed E-state index contributed by atoms with van der Waals surface area (Å²) in [5, 5.41) is 10.4.